The smallest absolute Gasteiger partial charge is 0.237 e. The van der Waals surface area contributed by atoms with Crippen molar-refractivity contribution in [2.75, 3.05) is 13.2 Å². The highest BCUT2D eigenvalue weighted by molar-refractivity contribution is 9.10. The molecule has 2 atom stereocenters. The summed E-state index contributed by atoms with van der Waals surface area (Å²) < 4.78 is 6.33. The molecule has 1 aliphatic rings. The van der Waals surface area contributed by atoms with E-state index in [1.807, 2.05) is 31.2 Å². The average molecular weight is 378 g/mol. The summed E-state index contributed by atoms with van der Waals surface area (Å²) in [5, 5.41) is 2.99. The highest BCUT2D eigenvalue weighted by Crippen LogP contribution is 2.20. The minimum atomic E-state index is -0.447. The summed E-state index contributed by atoms with van der Waals surface area (Å²) in [7, 11) is 0. The Bertz CT molecular complexity index is 449. The van der Waals surface area contributed by atoms with Gasteiger partial charge in [0.25, 0.3) is 0 Å². The molecule has 0 radical (unpaired) electrons. The van der Waals surface area contributed by atoms with Crippen LogP contribution >= 0.6 is 28.3 Å². The van der Waals surface area contributed by atoms with E-state index in [1.54, 1.807) is 0 Å². The van der Waals surface area contributed by atoms with Gasteiger partial charge in [-0.2, -0.15) is 0 Å². The zero-order valence-corrected chi connectivity index (χ0v) is 14.5. The lowest BCUT2D eigenvalue weighted by molar-refractivity contribution is -0.125. The first-order valence-corrected chi connectivity index (χ1v) is 7.76. The van der Waals surface area contributed by atoms with Gasteiger partial charge in [0.15, 0.2) is 0 Å². The summed E-state index contributed by atoms with van der Waals surface area (Å²) >= 11 is 3.40. The van der Waals surface area contributed by atoms with Gasteiger partial charge >= 0.3 is 0 Å². The molecular weight excluding hydrogens is 356 g/mol. The fraction of sp³-hybridized carbons (Fsp3) is 0.533. The first kappa shape index (κ1) is 18.4. The van der Waals surface area contributed by atoms with Crippen LogP contribution < -0.4 is 11.1 Å². The van der Waals surface area contributed by atoms with Crippen molar-refractivity contribution in [2.45, 2.75) is 31.8 Å². The fourth-order valence-electron chi connectivity index (χ4n) is 2.43. The Kier molecular flexibility index (Phi) is 7.66. The minimum absolute atomic E-state index is 0. The van der Waals surface area contributed by atoms with E-state index in [-0.39, 0.29) is 30.3 Å². The predicted molar refractivity (Wildman–Crippen MR) is 89.5 cm³/mol. The van der Waals surface area contributed by atoms with Crippen LogP contribution in [0.4, 0.5) is 0 Å². The molecule has 21 heavy (non-hydrogen) atoms. The quantitative estimate of drug-likeness (QED) is 0.848. The molecule has 6 heteroatoms. The van der Waals surface area contributed by atoms with Gasteiger partial charge < -0.3 is 15.8 Å². The van der Waals surface area contributed by atoms with E-state index in [9.17, 15) is 4.79 Å². The Labute approximate surface area is 140 Å². The van der Waals surface area contributed by atoms with E-state index in [2.05, 4.69) is 21.2 Å². The van der Waals surface area contributed by atoms with Gasteiger partial charge in [0.05, 0.1) is 12.1 Å². The van der Waals surface area contributed by atoms with Crippen LogP contribution in [-0.2, 0) is 9.53 Å². The summed E-state index contributed by atoms with van der Waals surface area (Å²) in [6, 6.07) is 7.44. The number of ether oxygens (including phenoxy) is 1. The summed E-state index contributed by atoms with van der Waals surface area (Å²) in [5.74, 6) is 0.146. The van der Waals surface area contributed by atoms with Crippen molar-refractivity contribution in [3.8, 4) is 0 Å². The molecular formula is C15H22BrClN2O2. The predicted octanol–water partition coefficient (Wildman–Crippen LogP) is 2.80. The second kappa shape index (κ2) is 8.73. The maximum absolute atomic E-state index is 12.2. The van der Waals surface area contributed by atoms with Crippen LogP contribution in [0.3, 0.4) is 0 Å². The average Bonchev–Trinajstić information content (AvgIpc) is 2.48. The van der Waals surface area contributed by atoms with Crippen molar-refractivity contribution in [1.82, 2.24) is 5.32 Å². The van der Waals surface area contributed by atoms with Gasteiger partial charge in [-0.3, -0.25) is 4.79 Å². The third kappa shape index (κ3) is 5.25. The largest absolute Gasteiger partial charge is 0.381 e. The molecule has 1 aromatic carbocycles. The maximum atomic E-state index is 12.2. The number of hydrogen-bond donors (Lipinski definition) is 2. The first-order valence-electron chi connectivity index (χ1n) is 6.97. The van der Waals surface area contributed by atoms with E-state index in [1.165, 1.54) is 0 Å². The summed E-state index contributed by atoms with van der Waals surface area (Å²) in [6.45, 7) is 3.37. The third-order valence-electron chi connectivity index (χ3n) is 3.81. The number of nitrogens with two attached hydrogens (primary N) is 1. The van der Waals surface area contributed by atoms with Gasteiger partial charge in [0, 0.05) is 17.7 Å². The third-order valence-corrected chi connectivity index (χ3v) is 4.33. The molecule has 3 N–H and O–H groups in total. The van der Waals surface area contributed by atoms with Crippen molar-refractivity contribution in [3.63, 3.8) is 0 Å². The van der Waals surface area contributed by atoms with Crippen molar-refractivity contribution >= 4 is 34.2 Å². The molecule has 0 aliphatic carbocycles. The molecule has 0 saturated carbocycles. The maximum Gasteiger partial charge on any atom is 0.237 e. The van der Waals surface area contributed by atoms with E-state index >= 15 is 0 Å². The Hall–Kier alpha value is -0.620. The van der Waals surface area contributed by atoms with Crippen LogP contribution in [-0.4, -0.2) is 25.2 Å². The Balaban J connectivity index is 0.00000220. The lowest BCUT2D eigenvalue weighted by atomic mass is 9.91. The fourth-order valence-corrected chi connectivity index (χ4v) is 2.70. The highest BCUT2D eigenvalue weighted by atomic mass is 79.9. The molecule has 118 valence electrons. The van der Waals surface area contributed by atoms with Crippen LogP contribution in [0.1, 0.15) is 31.4 Å². The number of hydrogen-bond acceptors (Lipinski definition) is 3. The Morgan fingerprint density at radius 1 is 1.33 bits per heavy atom. The van der Waals surface area contributed by atoms with Crippen molar-refractivity contribution in [2.24, 2.45) is 11.7 Å². The molecule has 1 fully saturated rings. The van der Waals surface area contributed by atoms with Gasteiger partial charge in [-0.25, -0.2) is 0 Å². The SMILES string of the molecule is CC(NC(=O)C(N)C1CCOCC1)c1ccc(Br)cc1.Cl. The van der Waals surface area contributed by atoms with Crippen LogP contribution in [0.2, 0.25) is 0 Å². The van der Waals surface area contributed by atoms with E-state index in [0.717, 1.165) is 22.9 Å². The Morgan fingerprint density at radius 3 is 2.48 bits per heavy atom. The summed E-state index contributed by atoms with van der Waals surface area (Å²) in [4.78, 5) is 12.2. The molecule has 2 unspecified atom stereocenters. The lowest BCUT2D eigenvalue weighted by Crippen LogP contribution is -2.47. The van der Waals surface area contributed by atoms with Crippen LogP contribution in [0.5, 0.6) is 0 Å². The van der Waals surface area contributed by atoms with Crippen molar-refractivity contribution in [3.05, 3.63) is 34.3 Å². The van der Waals surface area contributed by atoms with Gasteiger partial charge in [-0.05, 0) is 43.4 Å². The number of amides is 1. The molecule has 0 bridgehead atoms. The molecule has 1 aromatic rings. The molecule has 1 saturated heterocycles. The number of carbonyl (C=O) groups excluding carboxylic acids is 1. The first-order chi connectivity index (χ1) is 9.58. The summed E-state index contributed by atoms with van der Waals surface area (Å²) in [6.07, 6.45) is 1.72. The second-order valence-electron chi connectivity index (χ2n) is 5.26. The number of carbonyl (C=O) groups is 1. The lowest BCUT2D eigenvalue weighted by Gasteiger charge is -2.27. The molecule has 1 amide bonds. The minimum Gasteiger partial charge on any atom is -0.381 e. The summed E-state index contributed by atoms with van der Waals surface area (Å²) in [5.41, 5.74) is 7.14. The monoisotopic (exact) mass is 376 g/mol. The molecule has 2 rings (SSSR count). The van der Waals surface area contributed by atoms with Crippen LogP contribution in [0.25, 0.3) is 0 Å². The van der Waals surface area contributed by atoms with Crippen LogP contribution in [0.15, 0.2) is 28.7 Å². The standard InChI is InChI=1S/C15H21BrN2O2.ClH/c1-10(11-2-4-13(16)5-3-11)18-15(19)14(17)12-6-8-20-9-7-12;/h2-5,10,12,14H,6-9,17H2,1H3,(H,18,19);1H. The van der Waals surface area contributed by atoms with Gasteiger partial charge in [0.1, 0.15) is 0 Å². The normalized spacial score (nSPS) is 18.4. The number of benzene rings is 1. The molecule has 4 nitrogen and oxygen atoms in total. The van der Waals surface area contributed by atoms with Gasteiger partial charge in [-0.1, -0.05) is 28.1 Å². The van der Waals surface area contributed by atoms with Gasteiger partial charge in [0.2, 0.25) is 5.91 Å². The van der Waals surface area contributed by atoms with Crippen LogP contribution in [0, 0.1) is 5.92 Å². The van der Waals surface area contributed by atoms with E-state index in [0.29, 0.717) is 13.2 Å². The number of rotatable bonds is 4. The Morgan fingerprint density at radius 2 is 1.90 bits per heavy atom. The topological polar surface area (TPSA) is 64.4 Å². The van der Waals surface area contributed by atoms with E-state index < -0.39 is 6.04 Å². The molecule has 0 aromatic heterocycles. The van der Waals surface area contributed by atoms with Crippen molar-refractivity contribution in [1.29, 1.82) is 0 Å². The van der Waals surface area contributed by atoms with E-state index in [4.69, 9.17) is 10.5 Å². The molecule has 1 aliphatic heterocycles. The second-order valence-corrected chi connectivity index (χ2v) is 6.17. The molecule has 0 spiro atoms. The molecule has 1 heterocycles. The number of nitrogens with one attached hydrogen (secondary N) is 1. The number of halogens is 2. The van der Waals surface area contributed by atoms with Gasteiger partial charge in [-0.15, -0.1) is 12.4 Å². The zero-order valence-electron chi connectivity index (χ0n) is 12.0. The zero-order chi connectivity index (χ0) is 14.5. The highest BCUT2D eigenvalue weighted by Gasteiger charge is 2.27. The van der Waals surface area contributed by atoms with Crippen molar-refractivity contribution < 1.29 is 9.53 Å².